The maximum absolute atomic E-state index is 9.47. The summed E-state index contributed by atoms with van der Waals surface area (Å²) in [5.74, 6) is 2.21. The minimum absolute atomic E-state index is 0. The smallest absolute Gasteiger partial charge is 1.00 e. The van der Waals surface area contributed by atoms with Gasteiger partial charge in [-0.1, -0.05) is 0 Å². The molecule has 4 aliphatic rings. The van der Waals surface area contributed by atoms with Crippen molar-refractivity contribution in [3.63, 3.8) is 0 Å². The van der Waals surface area contributed by atoms with E-state index in [-0.39, 0.29) is 55.2 Å². The van der Waals surface area contributed by atoms with Crippen molar-refractivity contribution >= 4 is 5.97 Å². The van der Waals surface area contributed by atoms with Crippen LogP contribution in [0.25, 0.3) is 0 Å². The molecule has 4 bridgehead atoms. The maximum atomic E-state index is 9.47. The van der Waals surface area contributed by atoms with Crippen molar-refractivity contribution < 1.29 is 61.9 Å². The van der Waals surface area contributed by atoms with E-state index >= 15 is 0 Å². The number of carbonyl (C=O) groups excluding carboxylic acids is 1. The second kappa shape index (κ2) is 9.55. The number of aliphatic hydroxyl groups is 1. The molecule has 0 aromatic carbocycles. The third-order valence-electron chi connectivity index (χ3n) is 4.11. The molecule has 0 radical (unpaired) electrons. The molecule has 3 aliphatic heterocycles. The first-order valence-electron chi connectivity index (χ1n) is 6.52. The summed E-state index contributed by atoms with van der Waals surface area (Å²) in [5.41, 5.74) is 0. The zero-order valence-corrected chi connectivity index (χ0v) is 14.3. The Kier molecular flexibility index (Phi) is 9.88. The molecule has 0 aromatic heterocycles. The predicted octanol–water partition coefficient (Wildman–Crippen LogP) is -8.79. The molecule has 1 aliphatic carbocycles. The summed E-state index contributed by atoms with van der Waals surface area (Å²) in [6.45, 7) is 3.94. The van der Waals surface area contributed by atoms with Crippen LogP contribution in [-0.2, 0) is 4.79 Å². The van der Waals surface area contributed by atoms with Crippen molar-refractivity contribution in [2.75, 3.05) is 32.9 Å². The van der Waals surface area contributed by atoms with E-state index in [4.69, 9.17) is 5.11 Å². The maximum Gasteiger partial charge on any atom is 1.00 e. The SMILES string of the molecule is C1C2CC3CC1C[NH+](C2)C3.O=C([O-])CNCO.[Cl-].[Na+]. The topological polar surface area (TPSA) is 76.8 Å². The number of hydrogen-bond donors (Lipinski definition) is 3. The van der Waals surface area contributed by atoms with Gasteiger partial charge in [0.15, 0.2) is 0 Å². The zero-order valence-electron chi connectivity index (χ0n) is 11.5. The van der Waals surface area contributed by atoms with Crippen LogP contribution in [0.3, 0.4) is 0 Å². The standard InChI is InChI=1S/C9H15N.C3H7NO3.ClH.Na/c1-7-2-9-3-8(1)5-10(4-7)6-9;5-2-4-1-3(6)7;;/h7-9H,1-6H2;4-5H,1-2H2,(H,6,7);1H;/q;;;+1/p-1. The molecule has 1 saturated carbocycles. The molecule has 0 aromatic rings. The summed E-state index contributed by atoms with van der Waals surface area (Å²) in [5, 5.41) is 19.5. The van der Waals surface area contributed by atoms with Crippen molar-refractivity contribution in [2.24, 2.45) is 17.8 Å². The Morgan fingerprint density at radius 2 is 1.58 bits per heavy atom. The van der Waals surface area contributed by atoms with Gasteiger partial charge in [0.1, 0.15) is 0 Å². The van der Waals surface area contributed by atoms with E-state index in [1.807, 2.05) is 4.90 Å². The molecular formula is C12H22ClN2NaO3. The molecule has 3 heterocycles. The average molecular weight is 301 g/mol. The van der Waals surface area contributed by atoms with E-state index in [0.29, 0.717) is 0 Å². The molecule has 4 rings (SSSR count). The van der Waals surface area contributed by atoms with Crippen molar-refractivity contribution in [2.45, 2.75) is 19.3 Å². The summed E-state index contributed by atoms with van der Waals surface area (Å²) in [6.07, 6.45) is 4.75. The first-order chi connectivity index (χ1) is 8.17. The van der Waals surface area contributed by atoms with Gasteiger partial charge >= 0.3 is 29.6 Å². The van der Waals surface area contributed by atoms with Gasteiger partial charge in [-0.3, -0.25) is 5.32 Å². The van der Waals surface area contributed by atoms with Crippen molar-refractivity contribution in [3.8, 4) is 0 Å². The van der Waals surface area contributed by atoms with E-state index in [1.165, 1.54) is 19.6 Å². The second-order valence-electron chi connectivity index (χ2n) is 5.62. The third kappa shape index (κ3) is 6.29. The van der Waals surface area contributed by atoms with Crippen molar-refractivity contribution in [1.82, 2.24) is 5.32 Å². The summed E-state index contributed by atoms with van der Waals surface area (Å²) in [4.78, 5) is 11.4. The Morgan fingerprint density at radius 1 is 1.16 bits per heavy atom. The van der Waals surface area contributed by atoms with Crippen LogP contribution < -0.4 is 57.3 Å². The van der Waals surface area contributed by atoms with Crippen LogP contribution in [0, 0.1) is 17.8 Å². The van der Waals surface area contributed by atoms with Crippen LogP contribution in [0.1, 0.15) is 19.3 Å². The van der Waals surface area contributed by atoms with Crippen LogP contribution in [0.15, 0.2) is 0 Å². The number of aliphatic carboxylic acids is 1. The van der Waals surface area contributed by atoms with E-state index in [9.17, 15) is 9.90 Å². The number of hydrogen-bond acceptors (Lipinski definition) is 4. The molecule has 0 atom stereocenters. The zero-order chi connectivity index (χ0) is 12.3. The number of carboxylic acids is 1. The molecule has 7 heteroatoms. The number of aliphatic hydroxyl groups excluding tert-OH is 1. The van der Waals surface area contributed by atoms with E-state index in [1.54, 1.807) is 19.3 Å². The van der Waals surface area contributed by atoms with Crippen LogP contribution in [0.5, 0.6) is 0 Å². The number of carbonyl (C=O) groups is 1. The average Bonchev–Trinajstić information content (AvgIpc) is 2.25. The molecule has 0 unspecified atom stereocenters. The van der Waals surface area contributed by atoms with Gasteiger partial charge in [0.2, 0.25) is 0 Å². The van der Waals surface area contributed by atoms with Gasteiger partial charge in [0.25, 0.3) is 0 Å². The van der Waals surface area contributed by atoms with Gasteiger partial charge in [-0.05, 0) is 19.3 Å². The fourth-order valence-electron chi connectivity index (χ4n) is 3.84. The number of nitrogens with one attached hydrogen (secondary N) is 2. The summed E-state index contributed by atoms with van der Waals surface area (Å²) >= 11 is 0. The fraction of sp³-hybridized carbons (Fsp3) is 0.917. The predicted molar refractivity (Wildman–Crippen MR) is 60.0 cm³/mol. The third-order valence-corrected chi connectivity index (χ3v) is 4.11. The van der Waals surface area contributed by atoms with Gasteiger partial charge in [-0.2, -0.15) is 0 Å². The molecular weight excluding hydrogens is 279 g/mol. The first kappa shape index (κ1) is 19.6. The molecule has 19 heavy (non-hydrogen) atoms. The number of carboxylic acid groups (broad SMARTS) is 1. The van der Waals surface area contributed by atoms with Gasteiger partial charge in [-0.15, -0.1) is 0 Å². The summed E-state index contributed by atoms with van der Waals surface area (Å²) in [6, 6.07) is 0. The minimum atomic E-state index is -1.21. The minimum Gasteiger partial charge on any atom is -1.00 e. The van der Waals surface area contributed by atoms with Gasteiger partial charge < -0.3 is 32.3 Å². The number of piperidine rings is 3. The first-order valence-corrected chi connectivity index (χ1v) is 6.52. The Balaban J connectivity index is 0.000000330. The van der Waals surface area contributed by atoms with Crippen LogP contribution in [-0.4, -0.2) is 44.0 Å². The Bertz CT molecular complexity index is 225. The van der Waals surface area contributed by atoms with Crippen LogP contribution >= 0.6 is 0 Å². The number of rotatable bonds is 3. The summed E-state index contributed by atoms with van der Waals surface area (Å²) < 4.78 is 0. The molecule has 3 N–H and O–H groups in total. The van der Waals surface area contributed by atoms with E-state index in [2.05, 4.69) is 5.32 Å². The van der Waals surface area contributed by atoms with Gasteiger partial charge in [0.05, 0.1) is 32.3 Å². The Morgan fingerprint density at radius 3 is 1.79 bits per heavy atom. The van der Waals surface area contributed by atoms with Gasteiger partial charge in [0, 0.05) is 24.3 Å². The van der Waals surface area contributed by atoms with E-state index in [0.717, 1.165) is 17.8 Å². The Hall–Kier alpha value is 0.640. The number of quaternary nitrogens is 1. The Labute approximate surface area is 142 Å². The van der Waals surface area contributed by atoms with Crippen molar-refractivity contribution in [3.05, 3.63) is 0 Å². The molecule has 5 nitrogen and oxygen atoms in total. The normalized spacial score (nSPS) is 33.5. The second-order valence-corrected chi connectivity index (χ2v) is 5.62. The van der Waals surface area contributed by atoms with Crippen LogP contribution in [0.4, 0.5) is 0 Å². The van der Waals surface area contributed by atoms with Crippen LogP contribution in [0.2, 0.25) is 0 Å². The fourth-order valence-corrected chi connectivity index (χ4v) is 3.84. The molecule has 3 saturated heterocycles. The molecule has 0 amide bonds. The quantitative estimate of drug-likeness (QED) is 0.357. The largest absolute Gasteiger partial charge is 1.00 e. The monoisotopic (exact) mass is 300 g/mol. The van der Waals surface area contributed by atoms with E-state index < -0.39 is 5.97 Å². The molecule has 0 spiro atoms. The van der Waals surface area contributed by atoms with Crippen molar-refractivity contribution in [1.29, 1.82) is 0 Å². The summed E-state index contributed by atoms with van der Waals surface area (Å²) in [7, 11) is 0. The molecule has 106 valence electrons. The van der Waals surface area contributed by atoms with Gasteiger partial charge in [-0.25, -0.2) is 0 Å². The number of halogens is 1. The molecule has 4 fully saturated rings.